The van der Waals surface area contributed by atoms with E-state index >= 15 is 0 Å². The number of aromatic nitrogens is 3. The normalized spacial score (nSPS) is 24.2. The van der Waals surface area contributed by atoms with E-state index < -0.39 is 0 Å². The lowest BCUT2D eigenvalue weighted by atomic mass is 10.1. The van der Waals surface area contributed by atoms with Gasteiger partial charge in [0.2, 0.25) is 0 Å². The second-order valence-electron chi connectivity index (χ2n) is 8.04. The largest absolute Gasteiger partial charge is 0.355 e. The van der Waals surface area contributed by atoms with Crippen LogP contribution in [-0.2, 0) is 13.6 Å². The lowest BCUT2D eigenvalue weighted by Crippen LogP contribution is -2.63. The van der Waals surface area contributed by atoms with Crippen LogP contribution in [0.4, 0.5) is 0 Å². The van der Waals surface area contributed by atoms with Crippen molar-refractivity contribution in [3.05, 3.63) is 47.5 Å². The maximum Gasteiger partial charge on any atom is 0.192 e. The first kappa shape index (κ1) is 23.0. The summed E-state index contributed by atoms with van der Waals surface area (Å²) in [5, 5.41) is 15.5. The van der Waals surface area contributed by atoms with Crippen LogP contribution in [0.5, 0.6) is 0 Å². The predicted octanol–water partition coefficient (Wildman–Crippen LogP) is 1.54. The molecule has 1 aromatic heterocycles. The van der Waals surface area contributed by atoms with Crippen LogP contribution in [0.3, 0.4) is 0 Å². The van der Waals surface area contributed by atoms with Crippen LogP contribution in [0.25, 0.3) is 0 Å². The first-order valence-electron chi connectivity index (χ1n) is 10.5. The van der Waals surface area contributed by atoms with Gasteiger partial charge in [-0.15, -0.1) is 34.2 Å². The third kappa shape index (κ3) is 5.50. The molecule has 0 spiro atoms. The molecular weight excluding hydrogens is 491 g/mol. The maximum atomic E-state index is 4.82. The van der Waals surface area contributed by atoms with Crippen LogP contribution >= 0.6 is 24.0 Å². The van der Waals surface area contributed by atoms with Crippen molar-refractivity contribution in [1.82, 2.24) is 35.2 Å². The molecule has 2 bridgehead atoms. The SMILES string of the molecule is Cc1nnc(CN=C(NCC2CN3CCN2CC3)NC(C)c2ccccc2)n1C.I. The molecule has 0 radical (unpaired) electrons. The van der Waals surface area contributed by atoms with Gasteiger partial charge in [-0.1, -0.05) is 30.3 Å². The molecule has 0 saturated carbocycles. The van der Waals surface area contributed by atoms with Gasteiger partial charge >= 0.3 is 0 Å². The summed E-state index contributed by atoms with van der Waals surface area (Å²) in [6.45, 7) is 11.4. The molecule has 2 unspecified atom stereocenters. The van der Waals surface area contributed by atoms with E-state index in [1.54, 1.807) is 0 Å². The number of hydrogen-bond acceptors (Lipinski definition) is 5. The quantitative estimate of drug-likeness (QED) is 0.340. The Morgan fingerprint density at radius 2 is 1.90 bits per heavy atom. The molecule has 3 aliphatic heterocycles. The molecule has 3 saturated heterocycles. The van der Waals surface area contributed by atoms with Crippen molar-refractivity contribution in [2.24, 2.45) is 12.0 Å². The minimum Gasteiger partial charge on any atom is -0.355 e. The number of benzene rings is 1. The number of nitrogens with one attached hydrogen (secondary N) is 2. The molecule has 5 rings (SSSR count). The van der Waals surface area contributed by atoms with Crippen molar-refractivity contribution in [2.75, 3.05) is 39.3 Å². The highest BCUT2D eigenvalue weighted by atomic mass is 127. The zero-order valence-corrected chi connectivity index (χ0v) is 20.4. The molecule has 2 aromatic rings. The van der Waals surface area contributed by atoms with Crippen LogP contribution < -0.4 is 10.6 Å². The number of guanidine groups is 1. The highest BCUT2D eigenvalue weighted by molar-refractivity contribution is 14.0. The van der Waals surface area contributed by atoms with E-state index in [-0.39, 0.29) is 30.0 Å². The summed E-state index contributed by atoms with van der Waals surface area (Å²) in [5.41, 5.74) is 1.24. The fourth-order valence-corrected chi connectivity index (χ4v) is 4.05. The summed E-state index contributed by atoms with van der Waals surface area (Å²) < 4.78 is 1.99. The molecule has 3 fully saturated rings. The third-order valence-electron chi connectivity index (χ3n) is 6.11. The molecule has 0 amide bonds. The van der Waals surface area contributed by atoms with Gasteiger partial charge in [0, 0.05) is 52.4 Å². The molecule has 3 aliphatic rings. The van der Waals surface area contributed by atoms with E-state index in [1.165, 1.54) is 31.7 Å². The minimum absolute atomic E-state index is 0. The molecule has 30 heavy (non-hydrogen) atoms. The molecule has 164 valence electrons. The number of hydrogen-bond donors (Lipinski definition) is 2. The molecule has 4 heterocycles. The fourth-order valence-electron chi connectivity index (χ4n) is 4.05. The van der Waals surface area contributed by atoms with Crippen LogP contribution in [0.15, 0.2) is 35.3 Å². The van der Waals surface area contributed by atoms with Gasteiger partial charge in [0.1, 0.15) is 12.4 Å². The van der Waals surface area contributed by atoms with Crippen LogP contribution in [0, 0.1) is 6.92 Å². The Morgan fingerprint density at radius 3 is 2.50 bits per heavy atom. The van der Waals surface area contributed by atoms with E-state index in [2.05, 4.69) is 61.8 Å². The number of fused-ring (bicyclic) bond motifs is 3. The zero-order chi connectivity index (χ0) is 20.2. The van der Waals surface area contributed by atoms with Gasteiger partial charge in [0.05, 0.1) is 6.04 Å². The lowest BCUT2D eigenvalue weighted by Gasteiger charge is -2.47. The molecule has 2 N–H and O–H groups in total. The molecular formula is C21H33IN8. The standard InChI is InChI=1S/C21H32N8.HI/c1-16(18-7-5-4-6-8-18)24-21(23-14-20-26-25-17(2)27(20)3)22-13-19-15-28-9-11-29(19)12-10-28;/h4-8,16,19H,9-15H2,1-3H3,(H2,22,23,24);1H. The average Bonchev–Trinajstić information content (AvgIpc) is 3.09. The summed E-state index contributed by atoms with van der Waals surface area (Å²) in [6, 6.07) is 11.2. The number of aryl methyl sites for hydroxylation is 1. The monoisotopic (exact) mass is 524 g/mol. The van der Waals surface area contributed by atoms with Crippen molar-refractivity contribution in [3.63, 3.8) is 0 Å². The molecule has 2 atom stereocenters. The first-order valence-corrected chi connectivity index (χ1v) is 10.5. The van der Waals surface area contributed by atoms with Crippen LogP contribution in [0.2, 0.25) is 0 Å². The molecule has 0 aliphatic carbocycles. The van der Waals surface area contributed by atoms with E-state index in [4.69, 9.17) is 4.99 Å². The summed E-state index contributed by atoms with van der Waals surface area (Å²) in [7, 11) is 1.98. The van der Waals surface area contributed by atoms with E-state index in [0.717, 1.165) is 30.7 Å². The Bertz CT molecular complexity index is 829. The molecule has 8 nitrogen and oxygen atoms in total. The van der Waals surface area contributed by atoms with Crippen LogP contribution in [-0.4, -0.2) is 75.8 Å². The Morgan fingerprint density at radius 1 is 1.17 bits per heavy atom. The van der Waals surface area contributed by atoms with Gasteiger partial charge in [-0.3, -0.25) is 9.80 Å². The van der Waals surface area contributed by atoms with Gasteiger partial charge in [-0.05, 0) is 19.4 Å². The summed E-state index contributed by atoms with van der Waals surface area (Å²) in [6.07, 6.45) is 0. The summed E-state index contributed by atoms with van der Waals surface area (Å²) in [5.74, 6) is 2.58. The van der Waals surface area contributed by atoms with Gasteiger partial charge in [-0.25, -0.2) is 4.99 Å². The highest BCUT2D eigenvalue weighted by Crippen LogP contribution is 2.15. The Kier molecular flexibility index (Phi) is 8.06. The van der Waals surface area contributed by atoms with Crippen molar-refractivity contribution >= 4 is 29.9 Å². The second kappa shape index (κ2) is 10.5. The Labute approximate surface area is 196 Å². The molecule has 9 heteroatoms. The predicted molar refractivity (Wildman–Crippen MR) is 130 cm³/mol. The van der Waals surface area contributed by atoms with Gasteiger partial charge in [0.15, 0.2) is 11.8 Å². The van der Waals surface area contributed by atoms with Gasteiger partial charge in [0.25, 0.3) is 0 Å². The topological polar surface area (TPSA) is 73.6 Å². The van der Waals surface area contributed by atoms with E-state index in [0.29, 0.717) is 12.6 Å². The fraction of sp³-hybridized carbons (Fsp3) is 0.571. The van der Waals surface area contributed by atoms with Crippen LogP contribution in [0.1, 0.15) is 30.2 Å². The van der Waals surface area contributed by atoms with E-state index in [1.807, 2.05) is 24.6 Å². The highest BCUT2D eigenvalue weighted by Gasteiger charge is 2.31. The second-order valence-corrected chi connectivity index (χ2v) is 8.04. The maximum absolute atomic E-state index is 4.82. The Balaban J connectivity index is 0.00000256. The summed E-state index contributed by atoms with van der Waals surface area (Å²) >= 11 is 0. The van der Waals surface area contributed by atoms with Crippen molar-refractivity contribution in [1.29, 1.82) is 0 Å². The van der Waals surface area contributed by atoms with Crippen molar-refractivity contribution in [2.45, 2.75) is 32.5 Å². The smallest absolute Gasteiger partial charge is 0.192 e. The minimum atomic E-state index is 0. The lowest BCUT2D eigenvalue weighted by molar-refractivity contribution is 0.0154. The number of aliphatic imine (C=N–C) groups is 1. The van der Waals surface area contributed by atoms with Gasteiger partial charge < -0.3 is 15.2 Å². The van der Waals surface area contributed by atoms with Crippen molar-refractivity contribution in [3.8, 4) is 0 Å². The van der Waals surface area contributed by atoms with E-state index in [9.17, 15) is 0 Å². The Hall–Kier alpha value is -1.72. The zero-order valence-electron chi connectivity index (χ0n) is 18.1. The van der Waals surface area contributed by atoms with Crippen molar-refractivity contribution < 1.29 is 0 Å². The number of halogens is 1. The average molecular weight is 524 g/mol. The number of piperazine rings is 3. The number of rotatable bonds is 6. The van der Waals surface area contributed by atoms with Gasteiger partial charge in [-0.2, -0.15) is 0 Å². The summed E-state index contributed by atoms with van der Waals surface area (Å²) in [4.78, 5) is 9.97. The number of nitrogens with zero attached hydrogens (tertiary/aromatic N) is 6. The third-order valence-corrected chi connectivity index (χ3v) is 6.11. The molecule has 1 aromatic carbocycles. The first-order chi connectivity index (χ1) is 14.1.